The molecule has 0 aliphatic carbocycles. The Morgan fingerprint density at radius 1 is 1.05 bits per heavy atom. The van der Waals surface area contributed by atoms with Gasteiger partial charge in [0, 0.05) is 6.54 Å². The number of hydrogen-bond donors (Lipinski definition) is 1. The molecule has 114 valence electrons. The summed E-state index contributed by atoms with van der Waals surface area (Å²) >= 11 is 0. The maximum atomic E-state index is 5.65. The first kappa shape index (κ1) is 15.8. The molecule has 0 fully saturated rings. The van der Waals surface area contributed by atoms with Gasteiger partial charge in [0.05, 0.1) is 6.54 Å². The number of rotatable bonds is 8. The third kappa shape index (κ3) is 5.03. The zero-order chi connectivity index (χ0) is 15.1. The van der Waals surface area contributed by atoms with Crippen LogP contribution >= 0.6 is 0 Å². The highest BCUT2D eigenvalue weighted by Gasteiger charge is 2.08. The predicted octanol–water partition coefficient (Wildman–Crippen LogP) is 3.37. The van der Waals surface area contributed by atoms with Crippen molar-refractivity contribution < 1.29 is 4.42 Å². The Kier molecular flexibility index (Phi) is 6.03. The van der Waals surface area contributed by atoms with E-state index in [9.17, 15) is 0 Å². The molecule has 1 aromatic carbocycles. The standard InChI is InChI=1S/C18H26N2O/c1-4-19-12-11-16-7-5-6-8-17(16)13-20(3)14-18-10-9-15(2)21-18/h5-10,19H,4,11-14H2,1-3H3. The summed E-state index contributed by atoms with van der Waals surface area (Å²) in [4.78, 5) is 2.30. The highest BCUT2D eigenvalue weighted by Crippen LogP contribution is 2.14. The fourth-order valence-corrected chi connectivity index (χ4v) is 2.54. The second kappa shape index (κ2) is 8.01. The lowest BCUT2D eigenvalue weighted by Crippen LogP contribution is -2.20. The van der Waals surface area contributed by atoms with Crippen LogP contribution in [0.2, 0.25) is 0 Å². The van der Waals surface area contributed by atoms with Crippen molar-refractivity contribution in [2.75, 3.05) is 20.1 Å². The topological polar surface area (TPSA) is 28.4 Å². The van der Waals surface area contributed by atoms with Crippen molar-refractivity contribution >= 4 is 0 Å². The normalized spacial score (nSPS) is 11.2. The van der Waals surface area contributed by atoms with Gasteiger partial charge in [-0.3, -0.25) is 4.90 Å². The average Bonchev–Trinajstić information content (AvgIpc) is 2.86. The van der Waals surface area contributed by atoms with Crippen molar-refractivity contribution in [3.8, 4) is 0 Å². The van der Waals surface area contributed by atoms with Crippen LogP contribution < -0.4 is 5.32 Å². The summed E-state index contributed by atoms with van der Waals surface area (Å²) in [6.45, 7) is 7.98. The van der Waals surface area contributed by atoms with Crippen molar-refractivity contribution in [2.24, 2.45) is 0 Å². The average molecular weight is 286 g/mol. The molecule has 0 amide bonds. The van der Waals surface area contributed by atoms with E-state index in [2.05, 4.69) is 54.5 Å². The van der Waals surface area contributed by atoms with E-state index < -0.39 is 0 Å². The molecule has 1 heterocycles. The molecule has 0 atom stereocenters. The number of likely N-dealkylation sites (N-methyl/N-ethyl adjacent to an activating group) is 1. The van der Waals surface area contributed by atoms with Crippen molar-refractivity contribution in [3.63, 3.8) is 0 Å². The van der Waals surface area contributed by atoms with Gasteiger partial charge in [-0.2, -0.15) is 0 Å². The zero-order valence-electron chi connectivity index (χ0n) is 13.4. The van der Waals surface area contributed by atoms with Crippen LogP contribution in [0.25, 0.3) is 0 Å². The van der Waals surface area contributed by atoms with Crippen LogP contribution in [0, 0.1) is 6.92 Å². The molecule has 1 N–H and O–H groups in total. The van der Waals surface area contributed by atoms with Gasteiger partial charge in [-0.25, -0.2) is 0 Å². The monoisotopic (exact) mass is 286 g/mol. The van der Waals surface area contributed by atoms with Gasteiger partial charge in [0.15, 0.2) is 0 Å². The van der Waals surface area contributed by atoms with E-state index in [-0.39, 0.29) is 0 Å². The Balaban J connectivity index is 1.94. The molecule has 21 heavy (non-hydrogen) atoms. The van der Waals surface area contributed by atoms with Gasteiger partial charge in [-0.05, 0) is 56.7 Å². The van der Waals surface area contributed by atoms with Crippen molar-refractivity contribution in [1.82, 2.24) is 10.2 Å². The fourth-order valence-electron chi connectivity index (χ4n) is 2.54. The van der Waals surface area contributed by atoms with Crippen LogP contribution in [0.3, 0.4) is 0 Å². The zero-order valence-corrected chi connectivity index (χ0v) is 13.4. The molecule has 0 saturated heterocycles. The van der Waals surface area contributed by atoms with Gasteiger partial charge >= 0.3 is 0 Å². The molecule has 3 nitrogen and oxygen atoms in total. The first-order valence-corrected chi connectivity index (χ1v) is 7.70. The Labute approximate surface area is 128 Å². The molecular weight excluding hydrogens is 260 g/mol. The van der Waals surface area contributed by atoms with E-state index in [4.69, 9.17) is 4.42 Å². The summed E-state index contributed by atoms with van der Waals surface area (Å²) in [6, 6.07) is 12.8. The number of benzene rings is 1. The summed E-state index contributed by atoms with van der Waals surface area (Å²) in [6.07, 6.45) is 1.08. The molecule has 0 aliphatic heterocycles. The Hall–Kier alpha value is -1.58. The Morgan fingerprint density at radius 3 is 2.48 bits per heavy atom. The minimum atomic E-state index is 0.843. The fraction of sp³-hybridized carbons (Fsp3) is 0.444. The van der Waals surface area contributed by atoms with E-state index in [1.54, 1.807) is 0 Å². The van der Waals surface area contributed by atoms with Gasteiger partial charge in [0.1, 0.15) is 11.5 Å². The Morgan fingerprint density at radius 2 is 1.81 bits per heavy atom. The minimum absolute atomic E-state index is 0.843. The largest absolute Gasteiger partial charge is 0.465 e. The molecule has 0 bridgehead atoms. The summed E-state index contributed by atoms with van der Waals surface area (Å²) in [5.74, 6) is 2.00. The van der Waals surface area contributed by atoms with E-state index in [1.807, 2.05) is 13.0 Å². The molecule has 0 unspecified atom stereocenters. The Bertz CT molecular complexity index is 548. The SMILES string of the molecule is CCNCCc1ccccc1CN(C)Cc1ccc(C)o1. The smallest absolute Gasteiger partial charge is 0.118 e. The van der Waals surface area contributed by atoms with Crippen LogP contribution in [0.4, 0.5) is 0 Å². The molecule has 0 aliphatic rings. The number of aryl methyl sites for hydroxylation is 1. The van der Waals surface area contributed by atoms with Gasteiger partial charge in [0.2, 0.25) is 0 Å². The molecule has 2 rings (SSSR count). The minimum Gasteiger partial charge on any atom is -0.465 e. The number of furan rings is 1. The highest BCUT2D eigenvalue weighted by molar-refractivity contribution is 5.27. The summed E-state index contributed by atoms with van der Waals surface area (Å²) < 4.78 is 5.65. The van der Waals surface area contributed by atoms with Gasteiger partial charge in [-0.1, -0.05) is 31.2 Å². The molecule has 0 spiro atoms. The van der Waals surface area contributed by atoms with E-state index >= 15 is 0 Å². The highest BCUT2D eigenvalue weighted by atomic mass is 16.3. The number of hydrogen-bond acceptors (Lipinski definition) is 3. The lowest BCUT2D eigenvalue weighted by Gasteiger charge is -2.18. The third-order valence-electron chi connectivity index (χ3n) is 3.60. The summed E-state index contributed by atoms with van der Waals surface area (Å²) in [5.41, 5.74) is 2.84. The van der Waals surface area contributed by atoms with Crippen LogP contribution in [0.15, 0.2) is 40.8 Å². The van der Waals surface area contributed by atoms with E-state index in [1.165, 1.54) is 11.1 Å². The third-order valence-corrected chi connectivity index (χ3v) is 3.60. The van der Waals surface area contributed by atoms with Crippen LogP contribution in [0.1, 0.15) is 29.6 Å². The van der Waals surface area contributed by atoms with Crippen molar-refractivity contribution in [3.05, 3.63) is 59.0 Å². The van der Waals surface area contributed by atoms with Crippen molar-refractivity contribution in [1.29, 1.82) is 0 Å². The summed E-state index contributed by atoms with van der Waals surface area (Å²) in [5, 5.41) is 3.39. The van der Waals surface area contributed by atoms with Crippen LogP contribution in [-0.4, -0.2) is 25.0 Å². The lowest BCUT2D eigenvalue weighted by atomic mass is 10.0. The molecular formula is C18H26N2O. The maximum absolute atomic E-state index is 5.65. The first-order valence-electron chi connectivity index (χ1n) is 7.70. The maximum Gasteiger partial charge on any atom is 0.118 e. The molecule has 1 aromatic heterocycles. The molecule has 2 aromatic rings. The molecule has 0 saturated carbocycles. The van der Waals surface area contributed by atoms with E-state index in [0.717, 1.165) is 44.1 Å². The first-order chi connectivity index (χ1) is 10.2. The van der Waals surface area contributed by atoms with E-state index in [0.29, 0.717) is 0 Å². The quantitative estimate of drug-likeness (QED) is 0.754. The van der Waals surface area contributed by atoms with Gasteiger partial charge in [0.25, 0.3) is 0 Å². The van der Waals surface area contributed by atoms with Crippen LogP contribution in [-0.2, 0) is 19.5 Å². The van der Waals surface area contributed by atoms with Crippen molar-refractivity contribution in [2.45, 2.75) is 33.4 Å². The molecule has 3 heteroatoms. The second-order valence-electron chi connectivity index (χ2n) is 5.56. The molecule has 0 radical (unpaired) electrons. The van der Waals surface area contributed by atoms with Crippen LogP contribution in [0.5, 0.6) is 0 Å². The summed E-state index contributed by atoms with van der Waals surface area (Å²) in [7, 11) is 2.14. The van der Waals surface area contributed by atoms with Gasteiger partial charge in [-0.15, -0.1) is 0 Å². The predicted molar refractivity (Wildman–Crippen MR) is 87.3 cm³/mol. The second-order valence-corrected chi connectivity index (χ2v) is 5.56. The lowest BCUT2D eigenvalue weighted by molar-refractivity contribution is 0.284. The number of nitrogens with zero attached hydrogens (tertiary/aromatic N) is 1. The number of nitrogens with one attached hydrogen (secondary N) is 1. The van der Waals surface area contributed by atoms with Gasteiger partial charge < -0.3 is 9.73 Å².